The van der Waals surface area contributed by atoms with Crippen molar-refractivity contribution in [2.24, 2.45) is 5.73 Å². The van der Waals surface area contributed by atoms with Crippen LogP contribution in [-0.4, -0.2) is 24.5 Å². The van der Waals surface area contributed by atoms with E-state index in [0.717, 1.165) is 25.2 Å². The fourth-order valence-corrected chi connectivity index (χ4v) is 2.42. The first-order valence-electron chi connectivity index (χ1n) is 7.77. The normalized spacial score (nSPS) is 14.5. The first-order chi connectivity index (χ1) is 9.49. The molecule has 0 heterocycles. The monoisotopic (exact) mass is 280 g/mol. The van der Waals surface area contributed by atoms with E-state index < -0.39 is 5.54 Å². The molecule has 0 saturated carbocycles. The van der Waals surface area contributed by atoms with Crippen LogP contribution in [0.4, 0.5) is 4.39 Å². The van der Waals surface area contributed by atoms with Crippen LogP contribution in [0, 0.1) is 5.82 Å². The Morgan fingerprint density at radius 2 is 1.55 bits per heavy atom. The van der Waals surface area contributed by atoms with Gasteiger partial charge in [-0.1, -0.05) is 38.8 Å². The van der Waals surface area contributed by atoms with Gasteiger partial charge in [-0.05, 0) is 50.6 Å². The van der Waals surface area contributed by atoms with Gasteiger partial charge < -0.3 is 10.6 Å². The number of rotatable bonds is 9. The molecular weight excluding hydrogens is 251 g/mol. The third kappa shape index (κ3) is 5.59. The summed E-state index contributed by atoms with van der Waals surface area (Å²) in [6.45, 7) is 9.44. The Balaban J connectivity index is 2.70. The zero-order valence-electron chi connectivity index (χ0n) is 13.2. The molecule has 0 spiro atoms. The second-order valence-electron chi connectivity index (χ2n) is 5.91. The summed E-state index contributed by atoms with van der Waals surface area (Å²) >= 11 is 0. The third-order valence-corrected chi connectivity index (χ3v) is 3.71. The highest BCUT2D eigenvalue weighted by Crippen LogP contribution is 2.20. The second kappa shape index (κ2) is 8.38. The first kappa shape index (κ1) is 17.1. The molecule has 0 aliphatic rings. The average molecular weight is 280 g/mol. The number of hydrogen-bond donors (Lipinski definition) is 1. The van der Waals surface area contributed by atoms with Crippen molar-refractivity contribution in [2.75, 3.05) is 19.6 Å². The number of benzene rings is 1. The number of nitrogens with two attached hydrogens (primary N) is 1. The van der Waals surface area contributed by atoms with Crippen molar-refractivity contribution in [1.29, 1.82) is 0 Å². The van der Waals surface area contributed by atoms with Crippen molar-refractivity contribution in [3.8, 4) is 0 Å². The molecule has 0 aliphatic carbocycles. The van der Waals surface area contributed by atoms with E-state index >= 15 is 0 Å². The van der Waals surface area contributed by atoms with Gasteiger partial charge in [0.25, 0.3) is 0 Å². The van der Waals surface area contributed by atoms with Gasteiger partial charge in [-0.2, -0.15) is 0 Å². The Hall–Kier alpha value is -0.930. The van der Waals surface area contributed by atoms with Gasteiger partial charge in [0.1, 0.15) is 5.82 Å². The molecule has 1 aromatic rings. The summed E-state index contributed by atoms with van der Waals surface area (Å²) in [5.74, 6) is -0.210. The van der Waals surface area contributed by atoms with Crippen LogP contribution in [0.15, 0.2) is 24.3 Å². The molecule has 0 saturated heterocycles. The van der Waals surface area contributed by atoms with E-state index in [2.05, 4.69) is 18.7 Å². The maximum absolute atomic E-state index is 13.0. The van der Waals surface area contributed by atoms with Crippen molar-refractivity contribution in [3.63, 3.8) is 0 Å². The smallest absolute Gasteiger partial charge is 0.123 e. The Morgan fingerprint density at radius 1 is 1.05 bits per heavy atom. The van der Waals surface area contributed by atoms with E-state index in [4.69, 9.17) is 5.73 Å². The quantitative estimate of drug-likeness (QED) is 0.743. The van der Waals surface area contributed by atoms with Crippen LogP contribution < -0.4 is 5.73 Å². The fraction of sp³-hybridized carbons (Fsp3) is 0.647. The summed E-state index contributed by atoms with van der Waals surface area (Å²) < 4.78 is 13.0. The largest absolute Gasteiger partial charge is 0.321 e. The van der Waals surface area contributed by atoms with Crippen LogP contribution in [0.5, 0.6) is 0 Å². The van der Waals surface area contributed by atoms with E-state index in [1.165, 1.54) is 37.8 Å². The zero-order valence-corrected chi connectivity index (χ0v) is 13.2. The lowest BCUT2D eigenvalue weighted by Gasteiger charge is -2.33. The van der Waals surface area contributed by atoms with E-state index in [1.54, 1.807) is 12.1 Å². The van der Waals surface area contributed by atoms with E-state index in [1.807, 2.05) is 6.92 Å². The second-order valence-corrected chi connectivity index (χ2v) is 5.91. The number of hydrogen-bond acceptors (Lipinski definition) is 2. The lowest BCUT2D eigenvalue weighted by molar-refractivity contribution is 0.211. The number of nitrogens with zero attached hydrogens (tertiary/aromatic N) is 1. The van der Waals surface area contributed by atoms with Crippen LogP contribution in [0.25, 0.3) is 0 Å². The molecule has 2 N–H and O–H groups in total. The van der Waals surface area contributed by atoms with Gasteiger partial charge in [0.15, 0.2) is 0 Å². The summed E-state index contributed by atoms with van der Waals surface area (Å²) in [5, 5.41) is 0. The Morgan fingerprint density at radius 3 is 2.00 bits per heavy atom. The van der Waals surface area contributed by atoms with Gasteiger partial charge >= 0.3 is 0 Å². The zero-order chi connectivity index (χ0) is 15.0. The summed E-state index contributed by atoms with van der Waals surface area (Å²) in [4.78, 5) is 2.44. The molecule has 3 heteroatoms. The minimum atomic E-state index is -0.435. The van der Waals surface area contributed by atoms with E-state index in [0.29, 0.717) is 0 Å². The lowest BCUT2D eigenvalue weighted by atomic mass is 9.92. The predicted octanol–water partition coefficient (Wildman–Crippen LogP) is 3.90. The van der Waals surface area contributed by atoms with Gasteiger partial charge in [-0.25, -0.2) is 4.39 Å². The molecule has 1 rings (SSSR count). The molecule has 20 heavy (non-hydrogen) atoms. The first-order valence-corrected chi connectivity index (χ1v) is 7.77. The maximum atomic E-state index is 13.0. The number of halogens is 1. The minimum absolute atomic E-state index is 0.210. The standard InChI is InChI=1S/C17H29FN2/c1-4-6-12-20(13-7-5-2)14-17(3,19)15-8-10-16(18)11-9-15/h8-11H,4-7,12-14,19H2,1-3H3. The molecule has 0 aliphatic heterocycles. The molecule has 2 nitrogen and oxygen atoms in total. The SMILES string of the molecule is CCCCN(CCCC)CC(C)(N)c1ccc(F)cc1. The summed E-state index contributed by atoms with van der Waals surface area (Å²) in [6, 6.07) is 6.58. The molecule has 114 valence electrons. The van der Waals surface area contributed by atoms with Crippen LogP contribution in [0.3, 0.4) is 0 Å². The molecule has 1 unspecified atom stereocenters. The molecule has 0 fully saturated rings. The highest BCUT2D eigenvalue weighted by atomic mass is 19.1. The van der Waals surface area contributed by atoms with Gasteiger partial charge in [-0.15, -0.1) is 0 Å². The van der Waals surface area contributed by atoms with Crippen molar-refractivity contribution in [1.82, 2.24) is 4.90 Å². The Kier molecular flexibility index (Phi) is 7.17. The molecule has 1 aromatic carbocycles. The van der Waals surface area contributed by atoms with Gasteiger partial charge in [0.2, 0.25) is 0 Å². The molecule has 0 radical (unpaired) electrons. The van der Waals surface area contributed by atoms with Crippen LogP contribution >= 0.6 is 0 Å². The number of unbranched alkanes of at least 4 members (excludes halogenated alkanes) is 2. The van der Waals surface area contributed by atoms with Gasteiger partial charge in [0.05, 0.1) is 5.54 Å². The fourth-order valence-electron chi connectivity index (χ4n) is 2.42. The minimum Gasteiger partial charge on any atom is -0.321 e. The van der Waals surface area contributed by atoms with Crippen molar-refractivity contribution >= 4 is 0 Å². The Bertz CT molecular complexity index is 365. The molecule has 0 amide bonds. The van der Waals surface area contributed by atoms with Gasteiger partial charge in [-0.3, -0.25) is 0 Å². The molecule has 1 atom stereocenters. The van der Waals surface area contributed by atoms with Crippen molar-refractivity contribution in [3.05, 3.63) is 35.6 Å². The highest BCUT2D eigenvalue weighted by molar-refractivity contribution is 5.24. The molecular formula is C17H29FN2. The van der Waals surface area contributed by atoms with E-state index in [-0.39, 0.29) is 5.82 Å². The summed E-state index contributed by atoms with van der Waals surface area (Å²) in [7, 11) is 0. The maximum Gasteiger partial charge on any atom is 0.123 e. The Labute approximate surface area is 123 Å². The molecule has 0 aromatic heterocycles. The van der Waals surface area contributed by atoms with E-state index in [9.17, 15) is 4.39 Å². The third-order valence-electron chi connectivity index (χ3n) is 3.71. The van der Waals surface area contributed by atoms with Crippen LogP contribution in [0.1, 0.15) is 52.0 Å². The highest BCUT2D eigenvalue weighted by Gasteiger charge is 2.24. The van der Waals surface area contributed by atoms with Crippen molar-refractivity contribution in [2.45, 2.75) is 52.0 Å². The molecule has 0 bridgehead atoms. The topological polar surface area (TPSA) is 29.3 Å². The predicted molar refractivity (Wildman–Crippen MR) is 84.2 cm³/mol. The van der Waals surface area contributed by atoms with Crippen molar-refractivity contribution < 1.29 is 4.39 Å². The van der Waals surface area contributed by atoms with Crippen LogP contribution in [0.2, 0.25) is 0 Å². The summed E-state index contributed by atoms with van der Waals surface area (Å²) in [5.41, 5.74) is 7.03. The van der Waals surface area contributed by atoms with Crippen LogP contribution in [-0.2, 0) is 5.54 Å². The summed E-state index contributed by atoms with van der Waals surface area (Å²) in [6.07, 6.45) is 4.79. The average Bonchev–Trinajstić information content (AvgIpc) is 2.42. The van der Waals surface area contributed by atoms with Gasteiger partial charge in [0, 0.05) is 6.54 Å². The lowest BCUT2D eigenvalue weighted by Crippen LogP contribution is -2.46.